The van der Waals surface area contributed by atoms with Gasteiger partial charge in [0.15, 0.2) is 0 Å². The van der Waals surface area contributed by atoms with E-state index in [1.165, 1.54) is 24.3 Å². The summed E-state index contributed by atoms with van der Waals surface area (Å²) in [5, 5.41) is 13.2. The number of carbonyl (C=O) groups is 1. The lowest BCUT2D eigenvalue weighted by Crippen LogP contribution is -2.10. The van der Waals surface area contributed by atoms with E-state index in [0.717, 1.165) is 5.56 Å². The third-order valence-electron chi connectivity index (χ3n) is 3.01. The number of hydrogen-bond acceptors (Lipinski definition) is 3. The molecule has 0 bridgehead atoms. The zero-order valence-corrected chi connectivity index (χ0v) is 11.9. The monoisotopic (exact) mass is 296 g/mol. The number of rotatable bonds is 6. The van der Waals surface area contributed by atoms with Crippen molar-refractivity contribution in [2.75, 3.05) is 5.32 Å². The van der Waals surface area contributed by atoms with Gasteiger partial charge in [-0.05, 0) is 24.1 Å². The number of hydrogen-bond donors (Lipinski definition) is 1. The van der Waals surface area contributed by atoms with Crippen molar-refractivity contribution in [1.29, 1.82) is 0 Å². The maximum atomic E-state index is 11.8. The molecule has 0 atom stereocenters. The Morgan fingerprint density at radius 1 is 1.09 bits per heavy atom. The average Bonchev–Trinajstić information content (AvgIpc) is 2.53. The van der Waals surface area contributed by atoms with Crippen LogP contribution in [-0.4, -0.2) is 10.8 Å². The maximum absolute atomic E-state index is 11.8. The summed E-state index contributed by atoms with van der Waals surface area (Å²) in [5.41, 5.74) is 1.66. The predicted octanol–water partition coefficient (Wildman–Crippen LogP) is 4.03. The van der Waals surface area contributed by atoms with E-state index in [1.54, 1.807) is 0 Å². The van der Waals surface area contributed by atoms with E-state index in [-0.39, 0.29) is 11.6 Å². The minimum absolute atomic E-state index is 0.00351. The van der Waals surface area contributed by atoms with Crippen molar-refractivity contribution in [1.82, 2.24) is 0 Å². The third-order valence-corrected chi connectivity index (χ3v) is 3.01. The van der Waals surface area contributed by atoms with E-state index >= 15 is 0 Å². The lowest BCUT2D eigenvalue weighted by Gasteiger charge is -2.03. The highest BCUT2D eigenvalue weighted by molar-refractivity contribution is 5.90. The molecule has 0 saturated carbocycles. The molecule has 1 amide bonds. The van der Waals surface area contributed by atoms with Crippen molar-refractivity contribution in [2.24, 2.45) is 0 Å². The normalized spacial score (nSPS) is 10.5. The molecule has 0 aromatic heterocycles. The highest BCUT2D eigenvalue weighted by atomic mass is 16.6. The first-order valence-electron chi connectivity index (χ1n) is 6.91. The number of nitrogens with one attached hydrogen (secondary N) is 1. The first-order valence-corrected chi connectivity index (χ1v) is 6.91. The number of nitro benzene ring substituents is 1. The number of anilines is 1. The fourth-order valence-corrected chi connectivity index (χ4v) is 1.89. The first kappa shape index (κ1) is 15.4. The van der Waals surface area contributed by atoms with Crippen LogP contribution < -0.4 is 5.32 Å². The molecule has 112 valence electrons. The Kier molecular flexibility index (Phi) is 5.43. The van der Waals surface area contributed by atoms with Crippen LogP contribution in [0.2, 0.25) is 0 Å². The summed E-state index contributed by atoms with van der Waals surface area (Å²) < 4.78 is 0. The Morgan fingerprint density at radius 3 is 2.41 bits per heavy atom. The van der Waals surface area contributed by atoms with Crippen molar-refractivity contribution in [3.63, 3.8) is 0 Å². The second-order valence-corrected chi connectivity index (χ2v) is 4.70. The first-order chi connectivity index (χ1) is 10.6. The molecule has 0 radical (unpaired) electrons. The van der Waals surface area contributed by atoms with E-state index in [1.807, 2.05) is 42.5 Å². The molecule has 0 fully saturated rings. The van der Waals surface area contributed by atoms with Gasteiger partial charge in [-0.25, -0.2) is 0 Å². The van der Waals surface area contributed by atoms with Gasteiger partial charge in [0.2, 0.25) is 5.91 Å². The van der Waals surface area contributed by atoms with Gasteiger partial charge in [-0.15, -0.1) is 0 Å². The molecule has 0 saturated heterocycles. The van der Waals surface area contributed by atoms with Crippen molar-refractivity contribution in [2.45, 2.75) is 12.8 Å². The van der Waals surface area contributed by atoms with Gasteiger partial charge in [0, 0.05) is 24.2 Å². The van der Waals surface area contributed by atoms with Crippen LogP contribution in [0.15, 0.2) is 60.7 Å². The van der Waals surface area contributed by atoms with Crippen LogP contribution in [0.5, 0.6) is 0 Å². The summed E-state index contributed by atoms with van der Waals surface area (Å²) in [6.45, 7) is 0. The van der Waals surface area contributed by atoms with Crippen molar-refractivity contribution >= 4 is 23.4 Å². The summed E-state index contributed by atoms with van der Waals surface area (Å²) in [5.74, 6) is -0.119. The van der Waals surface area contributed by atoms with Crippen LogP contribution in [0.25, 0.3) is 6.08 Å². The minimum Gasteiger partial charge on any atom is -0.326 e. The van der Waals surface area contributed by atoms with Gasteiger partial charge in [0.25, 0.3) is 5.69 Å². The Balaban J connectivity index is 1.78. The fraction of sp³-hybridized carbons (Fsp3) is 0.118. The highest BCUT2D eigenvalue weighted by Crippen LogP contribution is 2.15. The molecule has 2 aromatic rings. The maximum Gasteiger partial charge on any atom is 0.269 e. The van der Waals surface area contributed by atoms with Gasteiger partial charge in [0.05, 0.1) is 4.92 Å². The van der Waals surface area contributed by atoms with Crippen LogP contribution >= 0.6 is 0 Å². The number of non-ortho nitro benzene ring substituents is 1. The summed E-state index contributed by atoms with van der Waals surface area (Å²) in [7, 11) is 0. The molecule has 0 spiro atoms. The minimum atomic E-state index is -0.472. The fourth-order valence-electron chi connectivity index (χ4n) is 1.89. The second-order valence-electron chi connectivity index (χ2n) is 4.70. The summed E-state index contributed by atoms with van der Waals surface area (Å²) in [4.78, 5) is 21.8. The molecule has 2 aromatic carbocycles. The molecule has 1 N–H and O–H groups in total. The van der Waals surface area contributed by atoms with Crippen molar-refractivity contribution < 1.29 is 9.72 Å². The van der Waals surface area contributed by atoms with E-state index < -0.39 is 4.92 Å². The summed E-state index contributed by atoms with van der Waals surface area (Å²) in [6, 6.07) is 15.6. The summed E-state index contributed by atoms with van der Waals surface area (Å²) >= 11 is 0. The number of benzene rings is 2. The van der Waals surface area contributed by atoms with Crippen LogP contribution in [0.1, 0.15) is 18.4 Å². The smallest absolute Gasteiger partial charge is 0.269 e. The third kappa shape index (κ3) is 4.86. The molecule has 0 aliphatic rings. The number of carbonyl (C=O) groups excluding carboxylic acids is 1. The van der Waals surface area contributed by atoms with Gasteiger partial charge in [-0.3, -0.25) is 14.9 Å². The standard InChI is InChI=1S/C17H16N2O3/c20-17(9-5-4-8-14-6-2-1-3-7-14)18-15-10-12-16(13-11-15)19(21)22/h1-4,6-8,10-13H,5,9H2,(H,18,20)/b8-4+. The quantitative estimate of drug-likeness (QED) is 0.646. The highest BCUT2D eigenvalue weighted by Gasteiger charge is 2.05. The van der Waals surface area contributed by atoms with Gasteiger partial charge >= 0.3 is 0 Å². The summed E-state index contributed by atoms with van der Waals surface area (Å²) in [6.07, 6.45) is 4.91. The number of amides is 1. The predicted molar refractivity (Wildman–Crippen MR) is 86.4 cm³/mol. The topological polar surface area (TPSA) is 72.2 Å². The Hall–Kier alpha value is -2.95. The molecule has 0 unspecified atom stereocenters. The van der Waals surface area contributed by atoms with Gasteiger partial charge in [-0.1, -0.05) is 42.5 Å². The molecule has 5 heteroatoms. The Morgan fingerprint density at radius 2 is 1.77 bits per heavy atom. The molecule has 0 aliphatic carbocycles. The zero-order chi connectivity index (χ0) is 15.8. The van der Waals surface area contributed by atoms with Crippen LogP contribution in [-0.2, 0) is 4.79 Å². The van der Waals surface area contributed by atoms with Crippen molar-refractivity contribution in [3.05, 3.63) is 76.4 Å². The SMILES string of the molecule is O=C(CC/C=C/c1ccccc1)Nc1ccc([N+](=O)[O-])cc1. The van der Waals surface area contributed by atoms with Crippen LogP contribution in [0.4, 0.5) is 11.4 Å². The van der Waals surface area contributed by atoms with E-state index in [9.17, 15) is 14.9 Å². The molecular weight excluding hydrogens is 280 g/mol. The molecule has 0 aliphatic heterocycles. The molecule has 0 heterocycles. The van der Waals surface area contributed by atoms with E-state index in [2.05, 4.69) is 5.32 Å². The Labute approximate surface area is 128 Å². The van der Waals surface area contributed by atoms with Gasteiger partial charge in [0.1, 0.15) is 0 Å². The van der Waals surface area contributed by atoms with Gasteiger partial charge in [-0.2, -0.15) is 0 Å². The van der Waals surface area contributed by atoms with E-state index in [0.29, 0.717) is 18.5 Å². The van der Waals surface area contributed by atoms with Gasteiger partial charge < -0.3 is 5.32 Å². The lowest BCUT2D eigenvalue weighted by atomic mass is 10.2. The van der Waals surface area contributed by atoms with Crippen LogP contribution in [0, 0.1) is 10.1 Å². The number of nitrogens with zero attached hydrogens (tertiary/aromatic N) is 1. The molecular formula is C17H16N2O3. The lowest BCUT2D eigenvalue weighted by molar-refractivity contribution is -0.384. The second kappa shape index (κ2) is 7.73. The average molecular weight is 296 g/mol. The van der Waals surface area contributed by atoms with Crippen molar-refractivity contribution in [3.8, 4) is 0 Å². The van der Waals surface area contributed by atoms with E-state index in [4.69, 9.17) is 0 Å². The number of allylic oxidation sites excluding steroid dienone is 1. The molecule has 2 rings (SSSR count). The zero-order valence-electron chi connectivity index (χ0n) is 11.9. The number of nitro groups is 1. The largest absolute Gasteiger partial charge is 0.326 e. The molecule has 22 heavy (non-hydrogen) atoms. The van der Waals surface area contributed by atoms with Crippen LogP contribution in [0.3, 0.4) is 0 Å². The molecule has 5 nitrogen and oxygen atoms in total. The Bertz CT molecular complexity index is 664.